The van der Waals surface area contributed by atoms with Crippen molar-refractivity contribution in [3.63, 3.8) is 0 Å². The summed E-state index contributed by atoms with van der Waals surface area (Å²) in [6, 6.07) is 0. The second-order valence-electron chi connectivity index (χ2n) is 37.7. The maximum Gasteiger partial charge on any atom is 0.312 e. The van der Waals surface area contributed by atoms with Gasteiger partial charge in [-0.15, -0.1) is 0 Å². The first-order valence-corrected chi connectivity index (χ1v) is 43.8. The Hall–Kier alpha value is -3.18. The van der Waals surface area contributed by atoms with Crippen LogP contribution in [0.1, 0.15) is 449 Å². The van der Waals surface area contributed by atoms with Gasteiger partial charge >= 0.3 is 35.8 Å². The van der Waals surface area contributed by atoms with Crippen LogP contribution in [0.3, 0.4) is 0 Å². The monoisotopic (exact) mass is 1490 g/mol. The molecule has 624 valence electrons. The van der Waals surface area contributed by atoms with Crippen molar-refractivity contribution < 1.29 is 57.2 Å². The quantitative estimate of drug-likeness (QED) is 0.0686. The molecular formula is C93H180O12. The topological polar surface area (TPSA) is 158 Å². The second kappa shape index (κ2) is 47.2. The van der Waals surface area contributed by atoms with Crippen molar-refractivity contribution in [2.45, 2.75) is 483 Å². The standard InChI is InChI=1S/C19H30O2.C15H28O2.C14H26O2.C13H24O2.C12H22O2.C10H20O2.5C2H6/c1-5-18(2,3)17(20)21-19(4)10-13-9-14(19)16-12-7-6-11(8-12)15(13)16;1-6-14(2,3)13(16)17-15(4,5)12-10-8-7-9-11-12;1-6-13(2,3)12(15)16-14(4,5)11-9-7-8-10-11;1-5-12(2,3)11(14)15-13(4)9-7-6-8-10-13;1-5-11(2,3)10(13)14-12(4)8-6-7-9-12;1-7-10(5,6)8(11)12-9(2,3)4;5*1-2/h11-16H,5-10H2,1-4H3;12H,6-11H2,1-5H3;11H,6-10H2,1-5H3;5-10H2,1-4H3;5-9H2,1-4H3;7H2,1-6H3;5*1-2H3. The van der Waals surface area contributed by atoms with Gasteiger partial charge in [-0.3, -0.25) is 28.8 Å². The molecule has 12 heteroatoms. The van der Waals surface area contributed by atoms with E-state index in [1.54, 1.807) is 0 Å². The van der Waals surface area contributed by atoms with Crippen molar-refractivity contribution in [2.75, 3.05) is 0 Å². The van der Waals surface area contributed by atoms with Gasteiger partial charge in [0, 0.05) is 5.92 Å². The van der Waals surface area contributed by atoms with Gasteiger partial charge in [0.1, 0.15) is 33.6 Å². The zero-order chi connectivity index (χ0) is 82.8. The number of rotatable bonds is 19. The van der Waals surface area contributed by atoms with E-state index in [2.05, 4.69) is 55.4 Å². The van der Waals surface area contributed by atoms with Crippen molar-refractivity contribution in [2.24, 2.45) is 79.8 Å². The molecule has 4 bridgehead atoms. The van der Waals surface area contributed by atoms with Gasteiger partial charge in [0.15, 0.2) is 0 Å². The molecule has 0 radical (unpaired) electrons. The third-order valence-corrected chi connectivity index (χ3v) is 25.3. The fraction of sp³-hybridized carbons (Fsp3) is 0.935. The summed E-state index contributed by atoms with van der Waals surface area (Å²) in [5, 5.41) is 0. The molecule has 0 aliphatic heterocycles. The molecule has 0 amide bonds. The molecule has 8 aliphatic carbocycles. The van der Waals surface area contributed by atoms with Crippen LogP contribution in [0.15, 0.2) is 0 Å². The van der Waals surface area contributed by atoms with Gasteiger partial charge in [-0.05, 0) is 341 Å². The lowest BCUT2D eigenvalue weighted by atomic mass is 9.66. The molecule has 0 saturated heterocycles. The molecule has 8 saturated carbocycles. The SMILES string of the molecule is CC.CC.CC.CC.CC.CCC(C)(C)C(=O)OC(C)(C)C.CCC(C)(C)C(=O)OC(C)(C)C1CCCC1.CCC(C)(C)C(=O)OC(C)(C)C1CCCCC1.CCC(C)(C)C(=O)OC1(C)CC2CC1C1C3CCC(C3)C21.CCC(C)(C)C(=O)OC1(C)CCCC1.CCC(C)(C)C(=O)OC1(C)CCCCC1. The second-order valence-corrected chi connectivity index (χ2v) is 37.7. The molecule has 105 heavy (non-hydrogen) atoms. The number of fused-ring (bicyclic) bond motifs is 9. The van der Waals surface area contributed by atoms with Gasteiger partial charge in [0.25, 0.3) is 0 Å². The zero-order valence-corrected chi connectivity index (χ0v) is 77.0. The predicted octanol–water partition coefficient (Wildman–Crippen LogP) is 27.6. The largest absolute Gasteiger partial charge is 0.460 e. The van der Waals surface area contributed by atoms with Crippen LogP contribution in [0, 0.1) is 79.8 Å². The Labute approximate surface area is 652 Å². The van der Waals surface area contributed by atoms with Crippen LogP contribution in [0.2, 0.25) is 0 Å². The Morgan fingerprint density at radius 1 is 0.305 bits per heavy atom. The summed E-state index contributed by atoms with van der Waals surface area (Å²) in [5.74, 6) is 6.16. The van der Waals surface area contributed by atoms with Gasteiger partial charge in [-0.2, -0.15) is 0 Å². The van der Waals surface area contributed by atoms with Crippen LogP contribution in [-0.4, -0.2) is 69.4 Å². The molecule has 0 N–H and O–H groups in total. The Balaban J connectivity index is -0.00000117. The summed E-state index contributed by atoms with van der Waals surface area (Å²) >= 11 is 0. The van der Waals surface area contributed by atoms with E-state index in [0.717, 1.165) is 100 Å². The lowest BCUT2D eigenvalue weighted by Crippen LogP contribution is -2.47. The Morgan fingerprint density at radius 3 is 0.867 bits per heavy atom. The van der Waals surface area contributed by atoms with E-state index in [0.29, 0.717) is 17.8 Å². The van der Waals surface area contributed by atoms with E-state index < -0.39 is 0 Å². The summed E-state index contributed by atoms with van der Waals surface area (Å²) in [4.78, 5) is 72.0. The van der Waals surface area contributed by atoms with Gasteiger partial charge < -0.3 is 28.4 Å². The van der Waals surface area contributed by atoms with E-state index in [4.69, 9.17) is 28.4 Å². The maximum atomic E-state index is 12.6. The number of esters is 6. The van der Waals surface area contributed by atoms with Gasteiger partial charge in [-0.25, -0.2) is 0 Å². The van der Waals surface area contributed by atoms with Crippen LogP contribution in [0.4, 0.5) is 0 Å². The molecule has 8 rings (SSSR count). The number of hydrogen-bond donors (Lipinski definition) is 0. The van der Waals surface area contributed by atoms with Gasteiger partial charge in [0.05, 0.1) is 32.5 Å². The molecule has 7 unspecified atom stereocenters. The highest BCUT2D eigenvalue weighted by molar-refractivity contribution is 5.78. The van der Waals surface area contributed by atoms with Crippen LogP contribution < -0.4 is 0 Å². The van der Waals surface area contributed by atoms with Crippen LogP contribution in [-0.2, 0) is 57.2 Å². The van der Waals surface area contributed by atoms with E-state index in [1.165, 1.54) is 116 Å². The minimum atomic E-state index is -0.372. The highest BCUT2D eigenvalue weighted by atomic mass is 16.6. The minimum absolute atomic E-state index is 0.0276. The van der Waals surface area contributed by atoms with Crippen molar-refractivity contribution in [3.8, 4) is 0 Å². The van der Waals surface area contributed by atoms with Crippen molar-refractivity contribution in [3.05, 3.63) is 0 Å². The molecule has 0 aromatic rings. The Morgan fingerprint density at radius 2 is 0.562 bits per heavy atom. The van der Waals surface area contributed by atoms with Crippen LogP contribution in [0.5, 0.6) is 0 Å². The predicted molar refractivity (Wildman–Crippen MR) is 445 cm³/mol. The highest BCUT2D eigenvalue weighted by Gasteiger charge is 2.67. The molecule has 0 aromatic heterocycles. The summed E-state index contributed by atoms with van der Waals surface area (Å²) in [6.07, 6.45) is 33.3. The van der Waals surface area contributed by atoms with Crippen molar-refractivity contribution in [1.29, 1.82) is 0 Å². The lowest BCUT2D eigenvalue weighted by Gasteiger charge is -2.45. The third-order valence-electron chi connectivity index (χ3n) is 25.3. The van der Waals surface area contributed by atoms with Gasteiger partial charge in [-0.1, -0.05) is 149 Å². The molecule has 0 aromatic carbocycles. The summed E-state index contributed by atoms with van der Waals surface area (Å²) in [7, 11) is 0. The fourth-order valence-corrected chi connectivity index (χ4v) is 15.3. The molecule has 0 heterocycles. The first-order chi connectivity index (χ1) is 48.4. The van der Waals surface area contributed by atoms with Crippen LogP contribution in [0.25, 0.3) is 0 Å². The molecule has 7 atom stereocenters. The number of carbonyl (C=O) groups is 6. The van der Waals surface area contributed by atoms with Crippen molar-refractivity contribution >= 4 is 35.8 Å². The summed E-state index contributed by atoms with van der Waals surface area (Å²) in [5.41, 5.74) is -3.56. The molecule has 8 aliphatic rings. The molecule has 8 fully saturated rings. The van der Waals surface area contributed by atoms with E-state index in [-0.39, 0.29) is 102 Å². The minimum Gasteiger partial charge on any atom is -0.460 e. The average Bonchev–Trinajstić information content (AvgIpc) is 1.54. The fourth-order valence-electron chi connectivity index (χ4n) is 15.3. The highest BCUT2D eigenvalue weighted by Crippen LogP contribution is 2.70. The normalized spacial score (nSPS) is 23.6. The zero-order valence-electron chi connectivity index (χ0n) is 77.0. The summed E-state index contributed by atoms with van der Waals surface area (Å²) < 4.78 is 34.3. The first-order valence-electron chi connectivity index (χ1n) is 43.8. The Kier molecular flexibility index (Phi) is 47.7. The van der Waals surface area contributed by atoms with E-state index in [9.17, 15) is 28.8 Å². The van der Waals surface area contributed by atoms with Gasteiger partial charge in [0.2, 0.25) is 0 Å². The van der Waals surface area contributed by atoms with Crippen LogP contribution >= 0.6 is 0 Å². The third kappa shape index (κ3) is 33.7. The van der Waals surface area contributed by atoms with E-state index >= 15 is 0 Å². The average molecular weight is 1490 g/mol. The van der Waals surface area contributed by atoms with Crippen molar-refractivity contribution in [1.82, 2.24) is 0 Å². The van der Waals surface area contributed by atoms with E-state index in [1.807, 2.05) is 208 Å². The lowest BCUT2D eigenvalue weighted by molar-refractivity contribution is -0.179. The summed E-state index contributed by atoms with van der Waals surface area (Å²) in [6.45, 7) is 76.0. The number of carbonyl (C=O) groups excluding carboxylic acids is 6. The number of ether oxygens (including phenoxy) is 6. The first kappa shape index (κ1) is 106. The molecular weight excluding hydrogens is 1310 g/mol. The molecule has 0 spiro atoms. The Bertz CT molecular complexity index is 2430. The molecule has 12 nitrogen and oxygen atoms in total. The smallest absolute Gasteiger partial charge is 0.312 e. The maximum absolute atomic E-state index is 12.6. The number of hydrogen-bond acceptors (Lipinski definition) is 12.